The first-order chi connectivity index (χ1) is 32.2. The molecule has 66 heavy (non-hydrogen) atoms. The molecule has 0 spiro atoms. The molecule has 0 aliphatic carbocycles. The summed E-state index contributed by atoms with van der Waals surface area (Å²) in [5.41, 5.74) is 10.1. The van der Waals surface area contributed by atoms with Crippen molar-refractivity contribution in [2.24, 2.45) is 0 Å². The van der Waals surface area contributed by atoms with Crippen LogP contribution in [-0.2, 0) is 37.3 Å². The molecule has 0 bridgehead atoms. The zero-order valence-electron chi connectivity index (χ0n) is 40.3. The second-order valence-corrected chi connectivity index (χ2v) is 19.0. The van der Waals surface area contributed by atoms with Crippen LogP contribution in [0.3, 0.4) is 0 Å². The predicted octanol–water partition coefficient (Wildman–Crippen LogP) is 15.1. The van der Waals surface area contributed by atoms with Crippen molar-refractivity contribution in [2.75, 3.05) is 9.80 Å². The number of anilines is 2. The van der Waals surface area contributed by atoms with Gasteiger partial charge in [-0.05, 0) is 86.9 Å². The molecule has 1 aliphatic heterocycles. The molecular formula is C60H53N4OPt-3. The molecular weight excluding hydrogens is 988 g/mol. The van der Waals surface area contributed by atoms with Crippen molar-refractivity contribution >= 4 is 33.2 Å². The molecule has 0 unspecified atom stereocenters. The Morgan fingerprint density at radius 3 is 1.79 bits per heavy atom. The van der Waals surface area contributed by atoms with Crippen molar-refractivity contribution in [2.45, 2.75) is 64.7 Å². The monoisotopic (exact) mass is 1040 g/mol. The first kappa shape index (κ1) is 42.0. The maximum atomic E-state index is 9.49. The summed E-state index contributed by atoms with van der Waals surface area (Å²) in [7, 11) is 0. The van der Waals surface area contributed by atoms with Crippen LogP contribution in [0.2, 0.25) is 0 Å². The molecule has 0 atom stereocenters. The van der Waals surface area contributed by atoms with Gasteiger partial charge in [0.05, 0.1) is 2.74 Å². The van der Waals surface area contributed by atoms with Crippen LogP contribution in [0, 0.1) is 18.8 Å². The average molecular weight is 1040 g/mol. The topological polar surface area (TPSA) is 33.5 Å². The Morgan fingerprint density at radius 1 is 0.530 bits per heavy atom. The van der Waals surface area contributed by atoms with E-state index in [4.69, 9.17) is 9.72 Å². The van der Waals surface area contributed by atoms with Crippen molar-refractivity contribution in [3.8, 4) is 28.4 Å². The molecule has 0 amide bonds. The standard InChI is InChI=1S/C60H53N4O.Pt/c1-58(2,3)46-29-30-61-57(38-46)64-55-26-18-17-25-53(55)54-28-27-51(40-56(54)64)65-52-34-43(42-19-11-8-12-20-42)33-49(39-52)62-31-32-63(41-62)50-36-47(59(4,5)44-21-13-9-14-22-44)35-48(37-50)60(6,7)45-23-15-10-16-24-45;/h8-38,41H,1-7H3;/q-3;/i31D,32D;. The number of fused-ring (bicyclic) bond motifs is 3. The zero-order valence-corrected chi connectivity index (χ0v) is 40.6. The third kappa shape index (κ3) is 8.49. The summed E-state index contributed by atoms with van der Waals surface area (Å²) in [6, 6.07) is 65.6. The van der Waals surface area contributed by atoms with E-state index in [1.165, 1.54) is 16.7 Å². The number of hydrogen-bond acceptors (Lipinski definition) is 4. The van der Waals surface area contributed by atoms with Crippen LogP contribution in [0.1, 0.15) is 79.0 Å². The van der Waals surface area contributed by atoms with Gasteiger partial charge in [-0.3, -0.25) is 0 Å². The largest absolute Gasteiger partial charge is 0.509 e. The minimum Gasteiger partial charge on any atom is -0.509 e. The van der Waals surface area contributed by atoms with E-state index in [1.54, 1.807) is 4.90 Å². The summed E-state index contributed by atoms with van der Waals surface area (Å²) in [5.74, 6) is 1.77. The molecule has 1 aliphatic rings. The van der Waals surface area contributed by atoms with Crippen LogP contribution in [-0.4, -0.2) is 9.55 Å². The Balaban J connectivity index is 0.00000578. The van der Waals surface area contributed by atoms with Gasteiger partial charge in [0.1, 0.15) is 5.82 Å². The summed E-state index contributed by atoms with van der Waals surface area (Å²) in [6.07, 6.45) is 1.95. The Bertz CT molecular complexity index is 3250. The van der Waals surface area contributed by atoms with Gasteiger partial charge in [0, 0.05) is 60.8 Å². The van der Waals surface area contributed by atoms with Gasteiger partial charge in [0.2, 0.25) is 0 Å². The molecule has 6 heteroatoms. The third-order valence-electron chi connectivity index (χ3n) is 13.0. The summed E-state index contributed by atoms with van der Waals surface area (Å²) >= 11 is 0. The molecule has 10 rings (SSSR count). The van der Waals surface area contributed by atoms with Crippen LogP contribution in [0.4, 0.5) is 11.4 Å². The molecule has 0 saturated carbocycles. The van der Waals surface area contributed by atoms with Crippen molar-refractivity contribution in [3.63, 3.8) is 0 Å². The number of para-hydroxylation sites is 1. The van der Waals surface area contributed by atoms with Crippen molar-refractivity contribution in [1.29, 1.82) is 0 Å². The summed E-state index contributed by atoms with van der Waals surface area (Å²) in [5, 5.41) is 2.14. The first-order valence-corrected chi connectivity index (χ1v) is 22.3. The minimum atomic E-state index is -0.362. The number of aromatic nitrogens is 2. The Labute approximate surface area is 407 Å². The van der Waals surface area contributed by atoms with E-state index in [2.05, 4.69) is 186 Å². The zero-order chi connectivity index (χ0) is 46.7. The van der Waals surface area contributed by atoms with Crippen LogP contribution in [0.5, 0.6) is 11.5 Å². The fourth-order valence-corrected chi connectivity index (χ4v) is 8.86. The van der Waals surface area contributed by atoms with Gasteiger partial charge < -0.3 is 19.1 Å². The van der Waals surface area contributed by atoms with Crippen LogP contribution in [0.15, 0.2) is 188 Å². The molecule has 9 aromatic rings. The molecule has 2 aromatic heterocycles. The SMILES string of the molecule is [2H]C1=C([2H])N(c2cc(C(C)(C)c3ccccc3)cc(C(C)(C)c3ccccc3)c2)[CH-]N1c1[c-]c(Oc2[c-]c3c(cc2)c2ccccc2n3-c2cc(C(C)(C)C)ccn2)cc(-c2ccccc2)c1.[Pt]. The second-order valence-electron chi connectivity index (χ2n) is 19.0. The van der Waals surface area contributed by atoms with Gasteiger partial charge in [-0.15, -0.1) is 53.6 Å². The number of rotatable bonds is 10. The fraction of sp³-hybridized carbons (Fsp3) is 0.167. The Hall–Kier alpha value is -6.68. The molecule has 332 valence electrons. The number of benzene rings is 7. The normalized spacial score (nSPS) is 13.8. The van der Waals surface area contributed by atoms with Gasteiger partial charge in [-0.2, -0.15) is 6.07 Å². The minimum absolute atomic E-state index is 0. The van der Waals surface area contributed by atoms with E-state index in [-0.39, 0.29) is 49.7 Å². The third-order valence-corrected chi connectivity index (χ3v) is 13.0. The Kier molecular flexibility index (Phi) is 11.2. The smallest absolute Gasteiger partial charge is 0.135 e. The molecule has 0 saturated heterocycles. The number of hydrogen-bond donors (Lipinski definition) is 0. The van der Waals surface area contributed by atoms with Gasteiger partial charge in [-0.1, -0.05) is 169 Å². The molecule has 3 heterocycles. The van der Waals surface area contributed by atoms with E-state index in [0.29, 0.717) is 17.2 Å². The second kappa shape index (κ2) is 17.6. The first-order valence-electron chi connectivity index (χ1n) is 23.3. The predicted molar refractivity (Wildman–Crippen MR) is 269 cm³/mol. The quantitative estimate of drug-likeness (QED) is 0.128. The van der Waals surface area contributed by atoms with E-state index in [0.717, 1.165) is 55.6 Å². The van der Waals surface area contributed by atoms with Crippen LogP contribution >= 0.6 is 0 Å². The molecule has 7 aromatic carbocycles. The fourth-order valence-electron chi connectivity index (χ4n) is 8.86. The van der Waals surface area contributed by atoms with Gasteiger partial charge in [0.15, 0.2) is 0 Å². The number of nitrogens with zero attached hydrogens (tertiary/aromatic N) is 4. The van der Waals surface area contributed by atoms with Crippen molar-refractivity contribution in [1.82, 2.24) is 9.55 Å². The van der Waals surface area contributed by atoms with E-state index >= 15 is 0 Å². The average Bonchev–Trinajstić information content (AvgIpc) is 3.84. The summed E-state index contributed by atoms with van der Waals surface area (Å²) in [6.45, 7) is 17.4. The van der Waals surface area contributed by atoms with Crippen molar-refractivity contribution in [3.05, 3.63) is 235 Å². The maximum Gasteiger partial charge on any atom is 0.135 e. The summed E-state index contributed by atoms with van der Waals surface area (Å²) < 4.78 is 27.9. The molecule has 5 nitrogen and oxygen atoms in total. The van der Waals surface area contributed by atoms with E-state index in [9.17, 15) is 2.74 Å². The van der Waals surface area contributed by atoms with E-state index in [1.807, 2.05) is 66.3 Å². The van der Waals surface area contributed by atoms with Crippen molar-refractivity contribution < 1.29 is 28.5 Å². The summed E-state index contributed by atoms with van der Waals surface area (Å²) in [4.78, 5) is 8.39. The molecule has 0 radical (unpaired) electrons. The number of pyridine rings is 1. The molecule has 0 fully saturated rings. The van der Waals surface area contributed by atoms with Gasteiger partial charge in [0.25, 0.3) is 0 Å². The van der Waals surface area contributed by atoms with Crippen LogP contribution in [0.25, 0.3) is 38.8 Å². The maximum absolute atomic E-state index is 9.49. The van der Waals surface area contributed by atoms with Gasteiger partial charge in [-0.25, -0.2) is 4.98 Å². The van der Waals surface area contributed by atoms with E-state index < -0.39 is 0 Å². The number of ether oxygens (including phenoxy) is 1. The van der Waals surface area contributed by atoms with Crippen LogP contribution < -0.4 is 14.5 Å². The Morgan fingerprint density at radius 2 is 1.14 bits per heavy atom. The molecule has 0 N–H and O–H groups in total. The van der Waals surface area contributed by atoms with Gasteiger partial charge >= 0.3 is 0 Å².